The van der Waals surface area contributed by atoms with Gasteiger partial charge in [-0.3, -0.25) is 0 Å². The number of anilines is 7. The quantitative estimate of drug-likeness (QED) is 0.550. The van der Waals surface area contributed by atoms with Crippen molar-refractivity contribution in [2.75, 3.05) is 66.9 Å². The highest BCUT2D eigenvalue weighted by Crippen LogP contribution is 2.25. The Labute approximate surface area is 176 Å². The molecular formula is C21H27N9. The molecule has 0 radical (unpaired) electrons. The van der Waals surface area contributed by atoms with Crippen molar-refractivity contribution in [3.05, 3.63) is 48.5 Å². The molecule has 9 heteroatoms. The number of aromatic nitrogens is 3. The van der Waals surface area contributed by atoms with Crippen LogP contribution in [-0.4, -0.2) is 60.1 Å². The summed E-state index contributed by atoms with van der Waals surface area (Å²) < 4.78 is 0. The summed E-state index contributed by atoms with van der Waals surface area (Å²) in [5, 5.41) is 3.27. The molecule has 1 aromatic heterocycles. The number of likely N-dealkylation sites (N-methyl/N-ethyl adjacent to an activating group) is 1. The molecule has 1 aliphatic rings. The number of hydrogen-bond acceptors (Lipinski definition) is 9. The molecular weight excluding hydrogens is 378 g/mol. The first kappa shape index (κ1) is 19.7. The summed E-state index contributed by atoms with van der Waals surface area (Å²) in [4.78, 5) is 20.5. The van der Waals surface area contributed by atoms with Crippen LogP contribution in [0.15, 0.2) is 48.5 Å². The third-order valence-electron chi connectivity index (χ3n) is 5.15. The van der Waals surface area contributed by atoms with Crippen LogP contribution < -0.4 is 26.6 Å². The topological polar surface area (TPSA) is 112 Å². The average molecular weight is 406 g/mol. The summed E-state index contributed by atoms with van der Waals surface area (Å²) >= 11 is 0. The summed E-state index contributed by atoms with van der Waals surface area (Å²) in [7, 11) is 4.06. The van der Waals surface area contributed by atoms with E-state index in [9.17, 15) is 0 Å². The molecule has 0 unspecified atom stereocenters. The minimum absolute atomic E-state index is 0.487. The molecule has 1 fully saturated rings. The Hall–Kier alpha value is -3.59. The van der Waals surface area contributed by atoms with Gasteiger partial charge in [0.05, 0.1) is 0 Å². The molecule has 30 heavy (non-hydrogen) atoms. The van der Waals surface area contributed by atoms with Crippen LogP contribution in [0.2, 0.25) is 0 Å². The Balaban J connectivity index is 1.67. The Morgan fingerprint density at radius 1 is 0.833 bits per heavy atom. The van der Waals surface area contributed by atoms with Gasteiger partial charge in [-0.15, -0.1) is 0 Å². The zero-order valence-corrected chi connectivity index (χ0v) is 17.3. The summed E-state index contributed by atoms with van der Waals surface area (Å²) in [6.45, 7) is 3.67. The predicted molar refractivity (Wildman–Crippen MR) is 123 cm³/mol. The van der Waals surface area contributed by atoms with Crippen molar-refractivity contribution >= 4 is 40.6 Å². The van der Waals surface area contributed by atoms with E-state index in [0.717, 1.165) is 37.6 Å². The van der Waals surface area contributed by atoms with E-state index in [4.69, 9.17) is 16.5 Å². The second-order valence-corrected chi connectivity index (χ2v) is 7.45. The number of nitrogens with two attached hydrogens (primary N) is 2. The fourth-order valence-corrected chi connectivity index (χ4v) is 3.22. The van der Waals surface area contributed by atoms with E-state index in [-0.39, 0.29) is 0 Å². The first-order valence-electron chi connectivity index (χ1n) is 9.89. The fourth-order valence-electron chi connectivity index (χ4n) is 3.22. The van der Waals surface area contributed by atoms with Gasteiger partial charge in [-0.1, -0.05) is 0 Å². The van der Waals surface area contributed by atoms with Crippen LogP contribution in [0.5, 0.6) is 0 Å². The zero-order valence-electron chi connectivity index (χ0n) is 17.3. The van der Waals surface area contributed by atoms with E-state index in [0.29, 0.717) is 29.2 Å². The monoisotopic (exact) mass is 405 g/mol. The maximum atomic E-state index is 5.83. The lowest BCUT2D eigenvalue weighted by Gasteiger charge is -2.32. The van der Waals surface area contributed by atoms with Crippen molar-refractivity contribution in [1.82, 2.24) is 19.9 Å². The van der Waals surface area contributed by atoms with Crippen LogP contribution in [0.25, 0.3) is 0 Å². The maximum Gasteiger partial charge on any atom is 0.236 e. The summed E-state index contributed by atoms with van der Waals surface area (Å²) in [5.41, 5.74) is 14.9. The second kappa shape index (κ2) is 8.42. The zero-order chi connectivity index (χ0) is 21.1. The molecule has 0 amide bonds. The standard InChI is InChI=1S/C21H27N9/c1-28-11-13-30(14-12-28)21-26-19(24-17-7-3-15(22)4-8-17)25-20(27-21)29(2)18-9-5-16(23)6-10-18/h3-10H,11-14,22-23H2,1-2H3,(H,24,25,26,27). The molecule has 1 saturated heterocycles. The fraction of sp³-hybridized carbons (Fsp3) is 0.286. The Morgan fingerprint density at radius 2 is 1.43 bits per heavy atom. The van der Waals surface area contributed by atoms with Gasteiger partial charge in [-0.05, 0) is 55.6 Å². The van der Waals surface area contributed by atoms with Gasteiger partial charge in [0.15, 0.2) is 0 Å². The molecule has 2 heterocycles. The third-order valence-corrected chi connectivity index (χ3v) is 5.15. The molecule has 4 rings (SSSR count). The number of rotatable bonds is 5. The first-order chi connectivity index (χ1) is 14.5. The van der Waals surface area contributed by atoms with Crippen molar-refractivity contribution < 1.29 is 0 Å². The van der Waals surface area contributed by atoms with E-state index < -0.39 is 0 Å². The van der Waals surface area contributed by atoms with Gasteiger partial charge in [0, 0.05) is 56.0 Å². The van der Waals surface area contributed by atoms with Crippen LogP contribution in [0.1, 0.15) is 0 Å². The highest BCUT2D eigenvalue weighted by molar-refractivity contribution is 5.63. The molecule has 9 nitrogen and oxygen atoms in total. The number of piperazine rings is 1. The Bertz CT molecular complexity index is 980. The SMILES string of the molecule is CN1CCN(c2nc(Nc3ccc(N)cc3)nc(N(C)c3ccc(N)cc3)n2)CC1. The summed E-state index contributed by atoms with van der Waals surface area (Å²) in [5.74, 6) is 1.70. The van der Waals surface area contributed by atoms with Crippen molar-refractivity contribution in [2.45, 2.75) is 0 Å². The van der Waals surface area contributed by atoms with Gasteiger partial charge in [0.25, 0.3) is 0 Å². The largest absolute Gasteiger partial charge is 0.399 e. The minimum Gasteiger partial charge on any atom is -0.399 e. The van der Waals surface area contributed by atoms with Gasteiger partial charge in [-0.25, -0.2) is 0 Å². The second-order valence-electron chi connectivity index (χ2n) is 7.45. The van der Waals surface area contributed by atoms with E-state index in [1.165, 1.54) is 0 Å². The van der Waals surface area contributed by atoms with Crippen LogP contribution in [0.3, 0.4) is 0 Å². The summed E-state index contributed by atoms with van der Waals surface area (Å²) in [6.07, 6.45) is 0. The van der Waals surface area contributed by atoms with Crippen LogP contribution in [-0.2, 0) is 0 Å². The molecule has 0 atom stereocenters. The normalized spacial score (nSPS) is 14.5. The average Bonchev–Trinajstić information content (AvgIpc) is 2.76. The molecule has 0 spiro atoms. The minimum atomic E-state index is 0.487. The van der Waals surface area contributed by atoms with E-state index in [1.807, 2.05) is 60.5 Å². The van der Waals surface area contributed by atoms with E-state index in [1.54, 1.807) is 0 Å². The lowest BCUT2D eigenvalue weighted by atomic mass is 10.3. The van der Waals surface area contributed by atoms with Crippen molar-refractivity contribution in [2.24, 2.45) is 0 Å². The Kier molecular flexibility index (Phi) is 5.53. The van der Waals surface area contributed by atoms with Gasteiger partial charge in [0.2, 0.25) is 17.8 Å². The number of nitrogens with zero attached hydrogens (tertiary/aromatic N) is 6. The molecule has 2 aromatic carbocycles. The van der Waals surface area contributed by atoms with Gasteiger partial charge < -0.3 is 31.5 Å². The number of benzene rings is 2. The molecule has 0 aliphatic carbocycles. The Morgan fingerprint density at radius 3 is 2.07 bits per heavy atom. The lowest BCUT2D eigenvalue weighted by Crippen LogP contribution is -2.45. The van der Waals surface area contributed by atoms with Crippen molar-refractivity contribution in [3.8, 4) is 0 Å². The highest BCUT2D eigenvalue weighted by Gasteiger charge is 2.20. The maximum absolute atomic E-state index is 5.83. The molecule has 1 aliphatic heterocycles. The number of nitrogens with one attached hydrogen (secondary N) is 1. The van der Waals surface area contributed by atoms with Crippen molar-refractivity contribution in [3.63, 3.8) is 0 Å². The van der Waals surface area contributed by atoms with Gasteiger partial charge in [-0.2, -0.15) is 15.0 Å². The van der Waals surface area contributed by atoms with Gasteiger partial charge >= 0.3 is 0 Å². The van der Waals surface area contributed by atoms with E-state index >= 15 is 0 Å². The van der Waals surface area contributed by atoms with Crippen molar-refractivity contribution in [1.29, 1.82) is 0 Å². The number of nitrogen functional groups attached to an aromatic ring is 2. The molecule has 0 saturated carbocycles. The molecule has 0 bridgehead atoms. The molecule has 3 aromatic rings. The van der Waals surface area contributed by atoms with Crippen LogP contribution in [0, 0.1) is 0 Å². The highest BCUT2D eigenvalue weighted by atomic mass is 15.4. The molecule has 156 valence electrons. The smallest absolute Gasteiger partial charge is 0.236 e. The third kappa shape index (κ3) is 4.52. The summed E-state index contributed by atoms with van der Waals surface area (Å²) in [6, 6.07) is 15.1. The molecule has 5 N–H and O–H groups in total. The van der Waals surface area contributed by atoms with E-state index in [2.05, 4.69) is 32.1 Å². The van der Waals surface area contributed by atoms with Crippen LogP contribution in [0.4, 0.5) is 40.6 Å². The number of hydrogen-bond donors (Lipinski definition) is 3. The van der Waals surface area contributed by atoms with Gasteiger partial charge in [0.1, 0.15) is 0 Å². The first-order valence-corrected chi connectivity index (χ1v) is 9.89. The lowest BCUT2D eigenvalue weighted by molar-refractivity contribution is 0.311. The van der Waals surface area contributed by atoms with Crippen LogP contribution >= 0.6 is 0 Å². The predicted octanol–water partition coefficient (Wildman–Crippen LogP) is 2.30.